The lowest BCUT2D eigenvalue weighted by Gasteiger charge is -2.30. The number of carboxylic acids is 1. The molecule has 2 aromatic rings. The van der Waals surface area contributed by atoms with Gasteiger partial charge in [-0.25, -0.2) is 9.59 Å². The number of aliphatic carboxylic acids is 1. The Bertz CT molecular complexity index is 987. The lowest BCUT2D eigenvalue weighted by atomic mass is 9.98. The number of hydrogen-bond donors (Lipinski definition) is 2. The average Bonchev–Trinajstić information content (AvgIpc) is 3.58. The summed E-state index contributed by atoms with van der Waals surface area (Å²) in [6.45, 7) is 3.43. The first-order valence-corrected chi connectivity index (χ1v) is 11.1. The van der Waals surface area contributed by atoms with E-state index in [0.29, 0.717) is 6.42 Å². The first-order valence-electron chi connectivity index (χ1n) is 11.1. The number of alkyl carbamates (subject to hydrolysis) is 1. The summed E-state index contributed by atoms with van der Waals surface area (Å²) in [7, 11) is 0. The molecule has 2 amide bonds. The van der Waals surface area contributed by atoms with E-state index in [9.17, 15) is 19.5 Å². The highest BCUT2D eigenvalue weighted by Gasteiger charge is 2.41. The van der Waals surface area contributed by atoms with Crippen LogP contribution in [0.25, 0.3) is 11.1 Å². The number of benzene rings is 2. The molecule has 0 spiro atoms. The monoisotopic (exact) mass is 436 g/mol. The molecule has 0 saturated heterocycles. The van der Waals surface area contributed by atoms with Crippen molar-refractivity contribution in [1.29, 1.82) is 0 Å². The third-order valence-corrected chi connectivity index (χ3v) is 6.31. The van der Waals surface area contributed by atoms with Gasteiger partial charge in [-0.1, -0.05) is 55.5 Å². The second-order valence-corrected chi connectivity index (χ2v) is 8.42. The van der Waals surface area contributed by atoms with Crippen LogP contribution in [-0.2, 0) is 14.3 Å². The average molecular weight is 437 g/mol. The van der Waals surface area contributed by atoms with E-state index in [-0.39, 0.29) is 24.5 Å². The molecule has 2 aliphatic carbocycles. The SMILES string of the molecule is CC[C@@H](NC(=O)OCC1c2ccccc2-c2ccccc21)C(=O)N(C1CC1)C(C)C(=O)O. The fourth-order valence-electron chi connectivity index (χ4n) is 4.46. The van der Waals surface area contributed by atoms with Crippen LogP contribution in [0, 0.1) is 0 Å². The number of carbonyl (C=O) groups is 3. The maximum Gasteiger partial charge on any atom is 0.407 e. The molecule has 7 nitrogen and oxygen atoms in total. The molecule has 0 aromatic heterocycles. The van der Waals surface area contributed by atoms with Gasteiger partial charge in [0, 0.05) is 12.0 Å². The number of rotatable bonds is 8. The van der Waals surface area contributed by atoms with Crippen molar-refractivity contribution in [3.05, 3.63) is 59.7 Å². The Kier molecular flexibility index (Phi) is 6.17. The van der Waals surface area contributed by atoms with Gasteiger partial charge in [0.15, 0.2) is 0 Å². The van der Waals surface area contributed by atoms with Crippen molar-refractivity contribution in [1.82, 2.24) is 10.2 Å². The molecular formula is C25H28N2O5. The normalized spacial score (nSPS) is 16.4. The van der Waals surface area contributed by atoms with Crippen LogP contribution < -0.4 is 5.32 Å². The second kappa shape index (κ2) is 9.02. The molecule has 1 fully saturated rings. The number of amides is 2. The molecule has 7 heteroatoms. The van der Waals surface area contributed by atoms with Crippen LogP contribution >= 0.6 is 0 Å². The van der Waals surface area contributed by atoms with Crippen molar-refractivity contribution in [2.24, 2.45) is 0 Å². The van der Waals surface area contributed by atoms with E-state index in [2.05, 4.69) is 17.4 Å². The molecule has 1 unspecified atom stereocenters. The van der Waals surface area contributed by atoms with Crippen LogP contribution in [0.2, 0.25) is 0 Å². The van der Waals surface area contributed by atoms with Gasteiger partial charge in [0.1, 0.15) is 18.7 Å². The van der Waals surface area contributed by atoms with Gasteiger partial charge in [-0.15, -0.1) is 0 Å². The highest BCUT2D eigenvalue weighted by Crippen LogP contribution is 2.44. The molecule has 2 aromatic carbocycles. The molecular weight excluding hydrogens is 408 g/mol. The van der Waals surface area contributed by atoms with Crippen molar-refractivity contribution in [3.8, 4) is 11.1 Å². The minimum absolute atomic E-state index is 0.0704. The van der Waals surface area contributed by atoms with Gasteiger partial charge in [-0.3, -0.25) is 4.79 Å². The van der Waals surface area contributed by atoms with Crippen molar-refractivity contribution in [3.63, 3.8) is 0 Å². The largest absolute Gasteiger partial charge is 0.480 e. The third kappa shape index (κ3) is 4.20. The standard InChI is InChI=1S/C25H28N2O5/c1-3-22(23(28)27(16-12-13-16)15(2)24(29)30)26-25(31)32-14-21-19-10-6-4-8-17(19)18-9-5-7-11-20(18)21/h4-11,15-16,21-22H,3,12-14H2,1-2H3,(H,26,31)(H,29,30)/t15?,22-/m1/s1. The summed E-state index contributed by atoms with van der Waals surface area (Å²) in [5.74, 6) is -1.50. The molecule has 2 atom stereocenters. The van der Waals surface area contributed by atoms with E-state index in [1.54, 1.807) is 6.92 Å². The molecule has 0 aliphatic heterocycles. The fraction of sp³-hybridized carbons (Fsp3) is 0.400. The van der Waals surface area contributed by atoms with Gasteiger partial charge >= 0.3 is 12.1 Å². The number of nitrogens with zero attached hydrogens (tertiary/aromatic N) is 1. The number of nitrogens with one attached hydrogen (secondary N) is 1. The van der Waals surface area contributed by atoms with Crippen molar-refractivity contribution < 1.29 is 24.2 Å². The molecule has 32 heavy (non-hydrogen) atoms. The molecule has 1 saturated carbocycles. The zero-order valence-corrected chi connectivity index (χ0v) is 18.3. The second-order valence-electron chi connectivity index (χ2n) is 8.42. The lowest BCUT2D eigenvalue weighted by molar-refractivity contribution is -0.150. The van der Waals surface area contributed by atoms with Crippen LogP contribution in [-0.4, -0.2) is 52.7 Å². The lowest BCUT2D eigenvalue weighted by Crippen LogP contribution is -2.53. The van der Waals surface area contributed by atoms with Crippen LogP contribution in [0.1, 0.15) is 50.2 Å². The van der Waals surface area contributed by atoms with Crippen molar-refractivity contribution in [2.75, 3.05) is 6.61 Å². The zero-order valence-electron chi connectivity index (χ0n) is 18.3. The van der Waals surface area contributed by atoms with Crippen molar-refractivity contribution in [2.45, 2.75) is 57.2 Å². The molecule has 168 valence electrons. The van der Waals surface area contributed by atoms with Gasteiger partial charge in [0.2, 0.25) is 5.91 Å². The van der Waals surface area contributed by atoms with Crippen molar-refractivity contribution >= 4 is 18.0 Å². The maximum absolute atomic E-state index is 13.0. The highest BCUT2D eigenvalue weighted by atomic mass is 16.5. The van der Waals surface area contributed by atoms with Crippen LogP contribution in [0.4, 0.5) is 4.79 Å². The summed E-state index contributed by atoms with van der Waals surface area (Å²) in [6, 6.07) is 14.3. The summed E-state index contributed by atoms with van der Waals surface area (Å²) in [4.78, 5) is 38.5. The predicted octanol–water partition coefficient (Wildman–Crippen LogP) is 3.77. The molecule has 2 aliphatic rings. The van der Waals surface area contributed by atoms with E-state index in [0.717, 1.165) is 35.1 Å². The topological polar surface area (TPSA) is 95.9 Å². The first-order chi connectivity index (χ1) is 15.4. The molecule has 2 N–H and O–H groups in total. The molecule has 0 bridgehead atoms. The summed E-state index contributed by atoms with van der Waals surface area (Å²) in [5.41, 5.74) is 4.50. The molecule has 0 radical (unpaired) electrons. The smallest absolute Gasteiger partial charge is 0.407 e. The van der Waals surface area contributed by atoms with E-state index >= 15 is 0 Å². The van der Waals surface area contributed by atoms with E-state index in [4.69, 9.17) is 4.74 Å². The van der Waals surface area contributed by atoms with Gasteiger partial charge in [-0.2, -0.15) is 0 Å². The van der Waals surface area contributed by atoms with Crippen LogP contribution in [0.5, 0.6) is 0 Å². The minimum atomic E-state index is -1.05. The van der Waals surface area contributed by atoms with E-state index < -0.39 is 24.1 Å². The number of hydrogen-bond acceptors (Lipinski definition) is 4. The Hall–Kier alpha value is -3.35. The van der Waals surface area contributed by atoms with Crippen LogP contribution in [0.3, 0.4) is 0 Å². The van der Waals surface area contributed by atoms with Gasteiger partial charge in [-0.05, 0) is 48.4 Å². The first kappa shape index (κ1) is 21.9. The minimum Gasteiger partial charge on any atom is -0.480 e. The highest BCUT2D eigenvalue weighted by molar-refractivity contribution is 5.89. The molecule has 0 heterocycles. The number of carboxylic acid groups (broad SMARTS) is 1. The van der Waals surface area contributed by atoms with E-state index in [1.165, 1.54) is 11.8 Å². The summed E-state index contributed by atoms with van der Waals surface area (Å²) < 4.78 is 5.55. The Labute approximate surface area is 187 Å². The maximum atomic E-state index is 13.0. The van der Waals surface area contributed by atoms with Gasteiger partial charge in [0.25, 0.3) is 0 Å². The summed E-state index contributed by atoms with van der Waals surface area (Å²) >= 11 is 0. The quantitative estimate of drug-likeness (QED) is 0.657. The number of ether oxygens (including phenoxy) is 1. The number of carbonyl (C=O) groups excluding carboxylic acids is 2. The zero-order chi connectivity index (χ0) is 22.8. The Balaban J connectivity index is 1.42. The van der Waals surface area contributed by atoms with Gasteiger partial charge in [0.05, 0.1) is 0 Å². The summed E-state index contributed by atoms with van der Waals surface area (Å²) in [6.07, 6.45) is 1.24. The molecule has 4 rings (SSSR count). The van der Waals surface area contributed by atoms with Crippen LogP contribution in [0.15, 0.2) is 48.5 Å². The summed E-state index contributed by atoms with van der Waals surface area (Å²) in [5, 5.41) is 12.0. The van der Waals surface area contributed by atoms with Gasteiger partial charge < -0.3 is 20.1 Å². The Morgan fingerprint density at radius 1 is 1.06 bits per heavy atom. The van der Waals surface area contributed by atoms with E-state index in [1.807, 2.05) is 36.4 Å². The Morgan fingerprint density at radius 2 is 1.62 bits per heavy atom. The Morgan fingerprint density at radius 3 is 2.12 bits per heavy atom. The number of fused-ring (bicyclic) bond motifs is 3. The predicted molar refractivity (Wildman–Crippen MR) is 119 cm³/mol. The third-order valence-electron chi connectivity index (χ3n) is 6.31. The fourth-order valence-corrected chi connectivity index (χ4v) is 4.46.